The Hall–Kier alpha value is -1.57. The van der Waals surface area contributed by atoms with Gasteiger partial charge in [-0.05, 0) is 50.9 Å². The van der Waals surface area contributed by atoms with Crippen LogP contribution in [-0.4, -0.2) is 18.3 Å². The van der Waals surface area contributed by atoms with Crippen molar-refractivity contribution in [2.45, 2.75) is 38.9 Å². The first-order chi connectivity index (χ1) is 8.77. The number of nitriles is 1. The van der Waals surface area contributed by atoms with E-state index in [4.69, 9.17) is 14.6 Å². The molecule has 0 bridgehead atoms. The Labute approximate surface area is 115 Å². The van der Waals surface area contributed by atoms with E-state index in [9.17, 15) is 0 Å². The molecule has 0 N–H and O–H groups in total. The van der Waals surface area contributed by atoms with E-state index < -0.39 is 7.12 Å². The van der Waals surface area contributed by atoms with Gasteiger partial charge in [-0.1, -0.05) is 18.7 Å². The molecule has 1 saturated heterocycles. The molecule has 0 aromatic heterocycles. The van der Waals surface area contributed by atoms with Crippen molar-refractivity contribution in [3.63, 3.8) is 0 Å². The van der Waals surface area contributed by atoms with Gasteiger partial charge in [-0.2, -0.15) is 5.26 Å². The third-order valence-electron chi connectivity index (χ3n) is 3.90. The minimum atomic E-state index is -0.473. The minimum Gasteiger partial charge on any atom is -0.399 e. The van der Waals surface area contributed by atoms with Crippen LogP contribution in [0.4, 0.5) is 0 Å². The number of hydrogen-bond donors (Lipinski definition) is 0. The van der Waals surface area contributed by atoms with Gasteiger partial charge >= 0.3 is 7.12 Å². The minimum absolute atomic E-state index is 0.382. The average Bonchev–Trinajstić information content (AvgIpc) is 2.57. The molecule has 19 heavy (non-hydrogen) atoms. The van der Waals surface area contributed by atoms with E-state index in [1.165, 1.54) is 0 Å². The van der Waals surface area contributed by atoms with Crippen molar-refractivity contribution in [1.82, 2.24) is 0 Å². The zero-order valence-electron chi connectivity index (χ0n) is 11.9. The zero-order chi connectivity index (χ0) is 14.3. The van der Waals surface area contributed by atoms with E-state index in [2.05, 4.69) is 12.6 Å². The third kappa shape index (κ3) is 2.44. The molecule has 1 fully saturated rings. The molecule has 1 heterocycles. The lowest BCUT2D eigenvalue weighted by atomic mass is 9.75. The molecule has 1 aliphatic heterocycles. The summed E-state index contributed by atoms with van der Waals surface area (Å²) in [5, 5.41) is 8.93. The topological polar surface area (TPSA) is 42.2 Å². The van der Waals surface area contributed by atoms with Crippen LogP contribution in [-0.2, 0) is 9.31 Å². The summed E-state index contributed by atoms with van der Waals surface area (Å²) >= 11 is 0. The highest BCUT2D eigenvalue weighted by Crippen LogP contribution is 2.40. The number of hydrogen-bond acceptors (Lipinski definition) is 3. The Kier molecular flexibility index (Phi) is 3.30. The number of benzene rings is 1. The summed E-state index contributed by atoms with van der Waals surface area (Å²) in [6.45, 7) is 12.1. The van der Waals surface area contributed by atoms with E-state index in [0.717, 1.165) is 11.0 Å². The molecule has 3 nitrogen and oxygen atoms in total. The first kappa shape index (κ1) is 13.9. The fourth-order valence-corrected chi connectivity index (χ4v) is 1.91. The van der Waals surface area contributed by atoms with Gasteiger partial charge in [0.1, 0.15) is 0 Å². The molecule has 1 aromatic carbocycles. The van der Waals surface area contributed by atoms with Gasteiger partial charge in [0.2, 0.25) is 0 Å². The first-order valence-electron chi connectivity index (χ1n) is 6.32. The predicted molar refractivity (Wildman–Crippen MR) is 76.3 cm³/mol. The van der Waals surface area contributed by atoms with Crippen LogP contribution < -0.4 is 0 Å². The van der Waals surface area contributed by atoms with Crippen LogP contribution in [0.2, 0.25) is 0 Å². The molecule has 0 radical (unpaired) electrons. The Morgan fingerprint density at radius 1 is 1.21 bits per heavy atom. The summed E-state index contributed by atoms with van der Waals surface area (Å²) in [5.41, 5.74) is 1.46. The van der Waals surface area contributed by atoms with E-state index in [1.54, 1.807) is 12.1 Å². The fraction of sp³-hybridized carbons (Fsp3) is 0.400. The Bertz CT molecular complexity index is 542. The summed E-state index contributed by atoms with van der Waals surface area (Å²) in [7, 11) is -0.473. The quantitative estimate of drug-likeness (QED) is 0.762. The summed E-state index contributed by atoms with van der Waals surface area (Å²) in [5.74, 6) is 0. The lowest BCUT2D eigenvalue weighted by molar-refractivity contribution is 0.00578. The molecule has 4 heteroatoms. The molecule has 2 rings (SSSR count). The highest BCUT2D eigenvalue weighted by molar-refractivity contribution is 6.68. The van der Waals surface area contributed by atoms with E-state index in [1.807, 2.05) is 39.8 Å². The normalized spacial score (nSPS) is 20.1. The third-order valence-corrected chi connectivity index (χ3v) is 3.90. The first-order valence-corrected chi connectivity index (χ1v) is 6.32. The van der Waals surface area contributed by atoms with Crippen LogP contribution >= 0.6 is 0 Å². The van der Waals surface area contributed by atoms with Gasteiger partial charge in [-0.3, -0.25) is 0 Å². The van der Waals surface area contributed by atoms with Gasteiger partial charge in [0.15, 0.2) is 0 Å². The van der Waals surface area contributed by atoms with E-state index in [-0.39, 0.29) is 11.2 Å². The largest absolute Gasteiger partial charge is 0.494 e. The number of rotatable bonds is 2. The molecule has 0 unspecified atom stereocenters. The Morgan fingerprint density at radius 2 is 1.79 bits per heavy atom. The second-order valence-electron chi connectivity index (χ2n) is 5.81. The van der Waals surface area contributed by atoms with E-state index in [0.29, 0.717) is 5.56 Å². The summed E-state index contributed by atoms with van der Waals surface area (Å²) < 4.78 is 11.9. The molecule has 0 amide bonds. The standard InChI is InChI=1S/C15H18BNO2/c1-11(13-8-6-7-12(9-13)10-17)16-18-14(2,3)15(4,5)19-16/h6-9H,1H2,2-5H3. The van der Waals surface area contributed by atoms with Crippen molar-refractivity contribution in [3.05, 3.63) is 42.0 Å². The van der Waals surface area contributed by atoms with Crippen molar-refractivity contribution < 1.29 is 9.31 Å². The molecule has 98 valence electrons. The lowest BCUT2D eigenvalue weighted by Gasteiger charge is -2.32. The van der Waals surface area contributed by atoms with Crippen molar-refractivity contribution in [1.29, 1.82) is 5.26 Å². The molecule has 0 atom stereocenters. The van der Waals surface area contributed by atoms with Crippen LogP contribution in [0, 0.1) is 11.3 Å². The molecule has 1 aromatic rings. The second kappa shape index (κ2) is 4.52. The van der Waals surface area contributed by atoms with Crippen molar-refractivity contribution in [3.8, 4) is 6.07 Å². The van der Waals surface area contributed by atoms with Crippen molar-refractivity contribution >= 4 is 12.6 Å². The fourth-order valence-electron chi connectivity index (χ4n) is 1.91. The van der Waals surface area contributed by atoms with E-state index >= 15 is 0 Å². The maximum atomic E-state index is 8.93. The summed E-state index contributed by atoms with van der Waals surface area (Å²) in [6, 6.07) is 9.43. The maximum absolute atomic E-state index is 8.93. The van der Waals surface area contributed by atoms with Gasteiger partial charge in [0.25, 0.3) is 0 Å². The Balaban J connectivity index is 2.25. The van der Waals surface area contributed by atoms with Gasteiger partial charge < -0.3 is 9.31 Å². The molecule has 0 saturated carbocycles. The smallest absolute Gasteiger partial charge is 0.399 e. The monoisotopic (exact) mass is 255 g/mol. The second-order valence-corrected chi connectivity index (χ2v) is 5.81. The molecule has 1 aliphatic rings. The van der Waals surface area contributed by atoms with Crippen LogP contribution in [0.15, 0.2) is 30.8 Å². The van der Waals surface area contributed by atoms with Gasteiger partial charge in [0, 0.05) is 0 Å². The number of nitrogens with zero attached hydrogens (tertiary/aromatic N) is 1. The van der Waals surface area contributed by atoms with Crippen LogP contribution in [0.5, 0.6) is 0 Å². The molecular weight excluding hydrogens is 237 g/mol. The zero-order valence-corrected chi connectivity index (χ0v) is 11.9. The summed E-state index contributed by atoms with van der Waals surface area (Å²) in [6.07, 6.45) is 0. The highest BCUT2D eigenvalue weighted by Gasteiger charge is 2.52. The lowest BCUT2D eigenvalue weighted by Crippen LogP contribution is -2.41. The molecule has 0 aliphatic carbocycles. The summed E-state index contributed by atoms with van der Waals surface area (Å²) in [4.78, 5) is 0. The van der Waals surface area contributed by atoms with Gasteiger partial charge in [-0.25, -0.2) is 0 Å². The maximum Gasteiger partial charge on any atom is 0.494 e. The predicted octanol–water partition coefficient (Wildman–Crippen LogP) is 3.20. The van der Waals surface area contributed by atoms with Gasteiger partial charge in [0.05, 0.1) is 22.8 Å². The average molecular weight is 255 g/mol. The van der Waals surface area contributed by atoms with Crippen LogP contribution in [0.1, 0.15) is 38.8 Å². The Morgan fingerprint density at radius 3 is 2.32 bits per heavy atom. The van der Waals surface area contributed by atoms with Crippen LogP contribution in [0.25, 0.3) is 5.47 Å². The molecule has 0 spiro atoms. The SMILES string of the molecule is C=C(B1OC(C)(C)C(C)(C)O1)c1cccc(C#N)c1. The van der Waals surface area contributed by atoms with Crippen molar-refractivity contribution in [2.75, 3.05) is 0 Å². The van der Waals surface area contributed by atoms with Crippen molar-refractivity contribution in [2.24, 2.45) is 0 Å². The van der Waals surface area contributed by atoms with Gasteiger partial charge in [-0.15, -0.1) is 0 Å². The van der Waals surface area contributed by atoms with Crippen LogP contribution in [0.3, 0.4) is 0 Å². The highest BCUT2D eigenvalue weighted by atomic mass is 16.7. The molecular formula is C15H18BNO2.